The van der Waals surface area contributed by atoms with Gasteiger partial charge >= 0.3 is 5.97 Å². The van der Waals surface area contributed by atoms with Crippen molar-refractivity contribution in [1.82, 2.24) is 0 Å². The van der Waals surface area contributed by atoms with Gasteiger partial charge in [-0.15, -0.1) is 0 Å². The molecule has 7 heteroatoms. The number of carbonyl (C=O) groups excluding carboxylic acids is 1. The highest BCUT2D eigenvalue weighted by atomic mass is 79.9. The van der Waals surface area contributed by atoms with Gasteiger partial charge in [-0.2, -0.15) is 0 Å². The van der Waals surface area contributed by atoms with Crippen LogP contribution in [-0.2, 0) is 9.59 Å². The number of aliphatic carboxylic acids is 1. The van der Waals surface area contributed by atoms with Gasteiger partial charge in [-0.1, -0.05) is 12.8 Å². The van der Waals surface area contributed by atoms with Crippen molar-refractivity contribution in [3.05, 3.63) is 28.2 Å². The zero-order valence-electron chi connectivity index (χ0n) is 11.0. The molecule has 2 atom stereocenters. The minimum absolute atomic E-state index is 0.0425. The lowest BCUT2D eigenvalue weighted by atomic mass is 9.78. The second-order valence-electron chi connectivity index (χ2n) is 5.07. The first-order valence-electron chi connectivity index (χ1n) is 6.58. The van der Waals surface area contributed by atoms with Crippen molar-refractivity contribution in [2.24, 2.45) is 11.8 Å². The zero-order valence-corrected chi connectivity index (χ0v) is 12.6. The van der Waals surface area contributed by atoms with Crippen LogP contribution in [0.4, 0.5) is 14.5 Å². The molecule has 0 radical (unpaired) electrons. The highest BCUT2D eigenvalue weighted by Crippen LogP contribution is 2.32. The van der Waals surface area contributed by atoms with Crippen molar-refractivity contribution in [1.29, 1.82) is 0 Å². The first-order valence-corrected chi connectivity index (χ1v) is 7.37. The average Bonchev–Trinajstić information content (AvgIpc) is 2.44. The fraction of sp³-hybridized carbons (Fsp3) is 0.429. The molecule has 1 saturated carbocycles. The number of amides is 1. The average molecular weight is 362 g/mol. The first kappa shape index (κ1) is 15.9. The lowest BCUT2D eigenvalue weighted by Gasteiger charge is -2.27. The molecule has 0 aromatic heterocycles. The molecule has 1 aromatic carbocycles. The molecule has 0 heterocycles. The molecule has 0 spiro atoms. The van der Waals surface area contributed by atoms with Crippen LogP contribution < -0.4 is 5.32 Å². The van der Waals surface area contributed by atoms with Crippen LogP contribution in [0.2, 0.25) is 0 Å². The lowest BCUT2D eigenvalue weighted by molar-refractivity contribution is -0.147. The number of nitrogens with one attached hydrogen (secondary N) is 1. The number of hydrogen-bond acceptors (Lipinski definition) is 2. The van der Waals surface area contributed by atoms with E-state index in [2.05, 4.69) is 21.2 Å². The standard InChI is InChI=1S/C14H14BrF2NO3/c15-9-5-11(17)12(6-10(9)16)18-13(19)7-3-1-2-4-8(7)14(20)21/h5-8H,1-4H2,(H,18,19)(H,20,21)/t7-,8+/m1/s1. The second kappa shape index (κ2) is 6.51. The van der Waals surface area contributed by atoms with Gasteiger partial charge in [-0.3, -0.25) is 9.59 Å². The van der Waals surface area contributed by atoms with Crippen LogP contribution in [0, 0.1) is 23.5 Å². The second-order valence-corrected chi connectivity index (χ2v) is 5.93. The van der Waals surface area contributed by atoms with Crippen molar-refractivity contribution in [2.75, 3.05) is 5.32 Å². The molecule has 2 rings (SSSR count). The van der Waals surface area contributed by atoms with Gasteiger partial charge < -0.3 is 10.4 Å². The van der Waals surface area contributed by atoms with Crippen molar-refractivity contribution < 1.29 is 23.5 Å². The summed E-state index contributed by atoms with van der Waals surface area (Å²) in [7, 11) is 0. The maximum Gasteiger partial charge on any atom is 0.307 e. The first-order chi connectivity index (χ1) is 9.90. The Labute approximate surface area is 128 Å². The summed E-state index contributed by atoms with van der Waals surface area (Å²) >= 11 is 2.85. The molecule has 1 aliphatic rings. The minimum Gasteiger partial charge on any atom is -0.481 e. The van der Waals surface area contributed by atoms with Crippen LogP contribution in [0.5, 0.6) is 0 Å². The third-order valence-corrected chi connectivity index (χ3v) is 4.30. The van der Waals surface area contributed by atoms with Gasteiger partial charge in [0.05, 0.1) is 22.0 Å². The third-order valence-electron chi connectivity index (χ3n) is 3.69. The van der Waals surface area contributed by atoms with Gasteiger partial charge in [0.2, 0.25) is 5.91 Å². The molecule has 114 valence electrons. The summed E-state index contributed by atoms with van der Waals surface area (Å²) in [5.41, 5.74) is -0.282. The lowest BCUT2D eigenvalue weighted by Crippen LogP contribution is -2.36. The zero-order chi connectivity index (χ0) is 15.6. The van der Waals surface area contributed by atoms with E-state index in [9.17, 15) is 18.4 Å². The van der Waals surface area contributed by atoms with Gasteiger partial charge in [0.25, 0.3) is 0 Å². The summed E-state index contributed by atoms with van der Waals surface area (Å²) < 4.78 is 27.0. The Morgan fingerprint density at radius 3 is 2.38 bits per heavy atom. The molecule has 0 unspecified atom stereocenters. The van der Waals surface area contributed by atoms with Gasteiger partial charge in [-0.05, 0) is 34.8 Å². The predicted octanol–water partition coefficient (Wildman–Crippen LogP) is 3.56. The van der Waals surface area contributed by atoms with E-state index in [0.29, 0.717) is 12.8 Å². The number of rotatable bonds is 3. The maximum absolute atomic E-state index is 13.7. The molecule has 2 N–H and O–H groups in total. The number of halogens is 3. The summed E-state index contributed by atoms with van der Waals surface area (Å²) in [5, 5.41) is 11.4. The molecule has 1 amide bonds. The Morgan fingerprint density at radius 1 is 1.14 bits per heavy atom. The Balaban J connectivity index is 2.17. The Morgan fingerprint density at radius 2 is 1.76 bits per heavy atom. The van der Waals surface area contributed by atoms with Crippen LogP contribution >= 0.6 is 15.9 Å². The number of carboxylic acid groups (broad SMARTS) is 1. The van der Waals surface area contributed by atoms with Gasteiger partial charge in [0.15, 0.2) is 0 Å². The van der Waals surface area contributed by atoms with E-state index in [1.54, 1.807) is 0 Å². The molecule has 0 bridgehead atoms. The predicted molar refractivity (Wildman–Crippen MR) is 75.8 cm³/mol. The summed E-state index contributed by atoms with van der Waals surface area (Å²) in [6.45, 7) is 0. The van der Waals surface area contributed by atoms with Crippen LogP contribution in [0.1, 0.15) is 25.7 Å². The molecule has 1 aromatic rings. The molecule has 1 aliphatic carbocycles. The van der Waals surface area contributed by atoms with E-state index in [-0.39, 0.29) is 10.2 Å². The third kappa shape index (κ3) is 3.58. The van der Waals surface area contributed by atoms with Crippen LogP contribution in [0.25, 0.3) is 0 Å². The van der Waals surface area contributed by atoms with Crippen molar-refractivity contribution in [3.8, 4) is 0 Å². The van der Waals surface area contributed by atoms with Crippen molar-refractivity contribution in [3.63, 3.8) is 0 Å². The Kier molecular flexibility index (Phi) is 4.92. The van der Waals surface area contributed by atoms with Crippen molar-refractivity contribution in [2.45, 2.75) is 25.7 Å². The SMILES string of the molecule is O=C(O)[C@H]1CCCC[C@H]1C(=O)Nc1cc(F)c(Br)cc1F. The fourth-order valence-corrected chi connectivity index (χ4v) is 2.90. The monoisotopic (exact) mass is 361 g/mol. The highest BCUT2D eigenvalue weighted by molar-refractivity contribution is 9.10. The summed E-state index contributed by atoms with van der Waals surface area (Å²) in [6, 6.07) is 1.79. The Hall–Kier alpha value is -1.50. The molecule has 4 nitrogen and oxygen atoms in total. The number of carboxylic acids is 1. The normalized spacial score (nSPS) is 21.9. The number of benzene rings is 1. The Bertz CT molecular complexity index is 580. The quantitative estimate of drug-likeness (QED) is 0.809. The van der Waals surface area contributed by atoms with Gasteiger partial charge in [0, 0.05) is 6.07 Å². The highest BCUT2D eigenvalue weighted by Gasteiger charge is 2.36. The van der Waals surface area contributed by atoms with E-state index in [0.717, 1.165) is 25.0 Å². The molecular formula is C14H14BrF2NO3. The summed E-state index contributed by atoms with van der Waals surface area (Å²) in [5.74, 6) is -4.59. The van der Waals surface area contributed by atoms with E-state index in [4.69, 9.17) is 5.11 Å². The van der Waals surface area contributed by atoms with E-state index in [1.165, 1.54) is 0 Å². The fourth-order valence-electron chi connectivity index (χ4n) is 2.58. The molecule has 0 aliphatic heterocycles. The van der Waals surface area contributed by atoms with Crippen LogP contribution in [-0.4, -0.2) is 17.0 Å². The minimum atomic E-state index is -1.03. The van der Waals surface area contributed by atoms with Gasteiger partial charge in [0.1, 0.15) is 11.6 Å². The smallest absolute Gasteiger partial charge is 0.307 e. The largest absolute Gasteiger partial charge is 0.481 e. The number of hydrogen-bond donors (Lipinski definition) is 2. The topological polar surface area (TPSA) is 66.4 Å². The van der Waals surface area contributed by atoms with E-state index >= 15 is 0 Å². The summed E-state index contributed by atoms with van der Waals surface area (Å²) in [6.07, 6.45) is 2.36. The molecule has 21 heavy (non-hydrogen) atoms. The number of carbonyl (C=O) groups is 2. The maximum atomic E-state index is 13.7. The molecular weight excluding hydrogens is 348 g/mol. The molecule has 1 fully saturated rings. The van der Waals surface area contributed by atoms with Crippen LogP contribution in [0.15, 0.2) is 16.6 Å². The number of anilines is 1. The van der Waals surface area contributed by atoms with Crippen molar-refractivity contribution >= 4 is 33.5 Å². The van der Waals surface area contributed by atoms with E-state index in [1.807, 2.05) is 0 Å². The summed E-state index contributed by atoms with van der Waals surface area (Å²) in [4.78, 5) is 23.3. The van der Waals surface area contributed by atoms with Crippen LogP contribution in [0.3, 0.4) is 0 Å². The van der Waals surface area contributed by atoms with E-state index < -0.39 is 35.3 Å². The van der Waals surface area contributed by atoms with Gasteiger partial charge in [-0.25, -0.2) is 8.78 Å². The molecule has 0 saturated heterocycles.